The normalized spacial score (nSPS) is 22.8. The molecule has 0 spiro atoms. The fourth-order valence-electron chi connectivity index (χ4n) is 3.41. The summed E-state index contributed by atoms with van der Waals surface area (Å²) in [6, 6.07) is 4.48. The molecule has 2 aliphatic rings. The topological polar surface area (TPSA) is 38.3 Å². The third-order valence-electron chi connectivity index (χ3n) is 4.61. The summed E-state index contributed by atoms with van der Waals surface area (Å²) in [5.74, 6) is 1.00. The second kappa shape index (κ2) is 6.72. The largest absolute Gasteiger partial charge is 0.381 e. The number of thiophene rings is 1. The van der Waals surface area contributed by atoms with Gasteiger partial charge in [0.15, 0.2) is 0 Å². The molecule has 110 valence electrons. The highest BCUT2D eigenvalue weighted by Crippen LogP contribution is 2.37. The van der Waals surface area contributed by atoms with Gasteiger partial charge < -0.3 is 10.1 Å². The Bertz CT molecular complexity index is 420. The molecule has 3 rings (SSSR count). The van der Waals surface area contributed by atoms with Crippen molar-refractivity contribution in [3.63, 3.8) is 0 Å². The Morgan fingerprint density at radius 3 is 2.65 bits per heavy atom. The van der Waals surface area contributed by atoms with E-state index in [1.54, 1.807) is 11.3 Å². The van der Waals surface area contributed by atoms with Gasteiger partial charge in [-0.2, -0.15) is 0 Å². The number of ether oxygens (including phenoxy) is 1. The predicted molar refractivity (Wildman–Crippen MR) is 80.7 cm³/mol. The maximum absolute atomic E-state index is 12.5. The fraction of sp³-hybridized carbons (Fsp3) is 0.688. The van der Waals surface area contributed by atoms with Gasteiger partial charge in [0.05, 0.1) is 6.04 Å². The fourth-order valence-corrected chi connectivity index (χ4v) is 4.28. The Hall–Kier alpha value is -0.870. The molecule has 1 N–H and O–H groups in total. The van der Waals surface area contributed by atoms with Crippen LogP contribution in [-0.4, -0.2) is 19.1 Å². The van der Waals surface area contributed by atoms with Crippen molar-refractivity contribution in [1.29, 1.82) is 0 Å². The van der Waals surface area contributed by atoms with Crippen LogP contribution in [0.1, 0.15) is 49.4 Å². The maximum Gasteiger partial charge on any atom is 0.223 e. The van der Waals surface area contributed by atoms with Crippen LogP contribution in [0.15, 0.2) is 17.5 Å². The standard InChI is InChI=1S/C16H23NO2S/c18-16(13-7-9-19-10-8-13)17-15(12-4-1-2-5-12)14-6-3-11-20-14/h3,6,11-13,15H,1-2,4-5,7-10H2,(H,17,18)/t15-/m0/s1. The minimum absolute atomic E-state index is 0.146. The molecule has 1 saturated carbocycles. The number of rotatable bonds is 4. The van der Waals surface area contributed by atoms with Crippen molar-refractivity contribution in [3.05, 3.63) is 22.4 Å². The molecule has 0 radical (unpaired) electrons. The van der Waals surface area contributed by atoms with E-state index in [-0.39, 0.29) is 17.9 Å². The highest BCUT2D eigenvalue weighted by atomic mass is 32.1. The van der Waals surface area contributed by atoms with Gasteiger partial charge in [0.25, 0.3) is 0 Å². The Kier molecular flexibility index (Phi) is 4.73. The van der Waals surface area contributed by atoms with Crippen LogP contribution < -0.4 is 5.32 Å². The van der Waals surface area contributed by atoms with Gasteiger partial charge >= 0.3 is 0 Å². The van der Waals surface area contributed by atoms with Crippen molar-refractivity contribution in [2.24, 2.45) is 11.8 Å². The third kappa shape index (κ3) is 3.23. The Labute approximate surface area is 124 Å². The number of amides is 1. The Morgan fingerprint density at radius 2 is 2.00 bits per heavy atom. The van der Waals surface area contributed by atoms with E-state index in [1.807, 2.05) is 0 Å². The number of hydrogen-bond donors (Lipinski definition) is 1. The third-order valence-corrected chi connectivity index (χ3v) is 5.57. The minimum Gasteiger partial charge on any atom is -0.381 e. The van der Waals surface area contributed by atoms with Crippen LogP contribution in [0.25, 0.3) is 0 Å². The van der Waals surface area contributed by atoms with Crippen LogP contribution in [0.2, 0.25) is 0 Å². The molecular formula is C16H23NO2S. The van der Waals surface area contributed by atoms with Crippen LogP contribution in [0.5, 0.6) is 0 Å². The molecule has 0 bridgehead atoms. The smallest absolute Gasteiger partial charge is 0.223 e. The molecule has 4 heteroatoms. The van der Waals surface area contributed by atoms with E-state index in [1.165, 1.54) is 30.6 Å². The zero-order valence-electron chi connectivity index (χ0n) is 11.8. The van der Waals surface area contributed by atoms with Crippen molar-refractivity contribution < 1.29 is 9.53 Å². The summed E-state index contributed by atoms with van der Waals surface area (Å²) in [6.45, 7) is 1.45. The number of carbonyl (C=O) groups excluding carboxylic acids is 1. The summed E-state index contributed by atoms with van der Waals surface area (Å²) in [6.07, 6.45) is 6.84. The van der Waals surface area contributed by atoms with Crippen molar-refractivity contribution in [2.45, 2.75) is 44.6 Å². The first-order valence-corrected chi connectivity index (χ1v) is 8.64. The highest BCUT2D eigenvalue weighted by molar-refractivity contribution is 7.10. The van der Waals surface area contributed by atoms with Crippen molar-refractivity contribution in [1.82, 2.24) is 5.32 Å². The van der Waals surface area contributed by atoms with Gasteiger partial charge in [0, 0.05) is 24.0 Å². The van der Waals surface area contributed by atoms with E-state index in [4.69, 9.17) is 4.74 Å². The van der Waals surface area contributed by atoms with Crippen molar-refractivity contribution >= 4 is 17.2 Å². The van der Waals surface area contributed by atoms with Gasteiger partial charge in [0.1, 0.15) is 0 Å². The van der Waals surface area contributed by atoms with E-state index in [2.05, 4.69) is 22.8 Å². The summed E-state index contributed by atoms with van der Waals surface area (Å²) in [5.41, 5.74) is 0. The first kappa shape index (κ1) is 14.1. The second-order valence-electron chi connectivity index (χ2n) is 5.93. The molecule has 3 nitrogen and oxygen atoms in total. The lowest BCUT2D eigenvalue weighted by Gasteiger charge is -2.28. The van der Waals surface area contributed by atoms with E-state index < -0.39 is 0 Å². The van der Waals surface area contributed by atoms with E-state index in [9.17, 15) is 4.79 Å². The maximum atomic E-state index is 12.5. The lowest BCUT2D eigenvalue weighted by Crippen LogP contribution is -2.38. The van der Waals surface area contributed by atoms with Crippen molar-refractivity contribution in [2.75, 3.05) is 13.2 Å². The zero-order chi connectivity index (χ0) is 13.8. The molecule has 1 aliphatic heterocycles. The van der Waals surface area contributed by atoms with E-state index in [0.717, 1.165) is 26.1 Å². The van der Waals surface area contributed by atoms with Gasteiger partial charge in [0.2, 0.25) is 5.91 Å². The average Bonchev–Trinajstić information content (AvgIpc) is 3.19. The molecule has 0 aromatic carbocycles. The SMILES string of the molecule is O=C(N[C@H](c1cccs1)C1CCCC1)C1CCOCC1. The molecule has 0 unspecified atom stereocenters. The molecule has 1 atom stereocenters. The van der Waals surface area contributed by atoms with Gasteiger partial charge in [-0.25, -0.2) is 0 Å². The summed E-state index contributed by atoms with van der Waals surface area (Å²) in [4.78, 5) is 13.8. The molecule has 2 heterocycles. The molecule has 20 heavy (non-hydrogen) atoms. The van der Waals surface area contributed by atoms with Crippen LogP contribution in [0, 0.1) is 11.8 Å². The predicted octanol–water partition coefficient (Wildman–Crippen LogP) is 3.52. The van der Waals surface area contributed by atoms with Gasteiger partial charge in [-0.15, -0.1) is 11.3 Å². The summed E-state index contributed by atoms with van der Waals surface area (Å²) >= 11 is 1.77. The number of hydrogen-bond acceptors (Lipinski definition) is 3. The van der Waals surface area contributed by atoms with Gasteiger partial charge in [-0.05, 0) is 43.0 Å². The van der Waals surface area contributed by atoms with Crippen molar-refractivity contribution in [3.8, 4) is 0 Å². The molecule has 1 saturated heterocycles. The summed E-state index contributed by atoms with van der Waals surface area (Å²) in [7, 11) is 0. The summed E-state index contributed by atoms with van der Waals surface area (Å²) in [5, 5.41) is 5.46. The number of carbonyl (C=O) groups is 1. The van der Waals surface area contributed by atoms with Crippen LogP contribution in [0.3, 0.4) is 0 Å². The first-order chi connectivity index (χ1) is 9.84. The molecule has 1 aromatic rings. The van der Waals surface area contributed by atoms with Gasteiger partial charge in [-0.1, -0.05) is 18.9 Å². The Morgan fingerprint density at radius 1 is 1.25 bits per heavy atom. The lowest BCUT2D eigenvalue weighted by molar-refractivity contribution is -0.129. The summed E-state index contributed by atoms with van der Waals surface area (Å²) < 4.78 is 5.35. The molecule has 2 fully saturated rings. The second-order valence-corrected chi connectivity index (χ2v) is 6.91. The molecule has 1 amide bonds. The monoisotopic (exact) mass is 293 g/mol. The average molecular weight is 293 g/mol. The Balaban J connectivity index is 1.67. The van der Waals surface area contributed by atoms with E-state index >= 15 is 0 Å². The van der Waals surface area contributed by atoms with E-state index in [0.29, 0.717) is 5.92 Å². The van der Waals surface area contributed by atoms with Crippen LogP contribution >= 0.6 is 11.3 Å². The molecule has 1 aromatic heterocycles. The quantitative estimate of drug-likeness (QED) is 0.922. The zero-order valence-corrected chi connectivity index (χ0v) is 12.7. The van der Waals surface area contributed by atoms with Crippen LogP contribution in [0.4, 0.5) is 0 Å². The highest BCUT2D eigenvalue weighted by Gasteiger charge is 2.31. The first-order valence-electron chi connectivity index (χ1n) is 7.76. The molecular weight excluding hydrogens is 270 g/mol. The van der Waals surface area contributed by atoms with Crippen LogP contribution in [-0.2, 0) is 9.53 Å². The minimum atomic E-state index is 0.146. The number of nitrogens with one attached hydrogen (secondary N) is 1. The molecule has 1 aliphatic carbocycles. The van der Waals surface area contributed by atoms with Gasteiger partial charge in [-0.3, -0.25) is 4.79 Å². The lowest BCUT2D eigenvalue weighted by atomic mass is 9.94.